The maximum absolute atomic E-state index is 14.3. The van der Waals surface area contributed by atoms with Crippen molar-refractivity contribution >= 4 is 5.91 Å². The molecule has 1 amide bonds. The minimum atomic E-state index is -0.529. The van der Waals surface area contributed by atoms with Crippen molar-refractivity contribution in [3.8, 4) is 17.2 Å². The number of hydrogen-bond acceptors (Lipinski definition) is 4. The molecule has 0 spiro atoms. The van der Waals surface area contributed by atoms with E-state index in [-0.39, 0.29) is 29.4 Å². The SMILES string of the molecule is COc1ccc(C(=O)NCC2(c3ccccc3)CC2)cc1Oc1ccc(CN)cc1F. The zero-order chi connectivity index (χ0) is 21.8. The van der Waals surface area contributed by atoms with Crippen molar-refractivity contribution in [1.82, 2.24) is 5.32 Å². The Bertz CT molecular complexity index is 1080. The molecule has 0 atom stereocenters. The van der Waals surface area contributed by atoms with Crippen LogP contribution >= 0.6 is 0 Å². The summed E-state index contributed by atoms with van der Waals surface area (Å²) >= 11 is 0. The van der Waals surface area contributed by atoms with E-state index in [1.54, 1.807) is 24.3 Å². The molecule has 1 fully saturated rings. The Hall–Kier alpha value is -3.38. The molecule has 0 saturated heterocycles. The second-order valence-corrected chi connectivity index (χ2v) is 7.77. The molecule has 0 bridgehead atoms. The van der Waals surface area contributed by atoms with Crippen LogP contribution in [0.15, 0.2) is 66.7 Å². The number of rotatable bonds is 8. The molecular weight excluding hydrogens is 395 g/mol. The second-order valence-electron chi connectivity index (χ2n) is 7.77. The summed E-state index contributed by atoms with van der Waals surface area (Å²) in [6.45, 7) is 0.799. The summed E-state index contributed by atoms with van der Waals surface area (Å²) < 4.78 is 25.4. The number of carbonyl (C=O) groups excluding carboxylic acids is 1. The fraction of sp³-hybridized carbons (Fsp3) is 0.240. The van der Waals surface area contributed by atoms with Crippen molar-refractivity contribution in [2.45, 2.75) is 24.8 Å². The highest BCUT2D eigenvalue weighted by Gasteiger charge is 2.44. The van der Waals surface area contributed by atoms with Crippen LogP contribution in [0.1, 0.15) is 34.3 Å². The molecule has 31 heavy (non-hydrogen) atoms. The highest BCUT2D eigenvalue weighted by molar-refractivity contribution is 5.95. The normalized spacial score (nSPS) is 14.0. The Kier molecular flexibility index (Phi) is 5.91. The molecule has 1 aliphatic rings. The van der Waals surface area contributed by atoms with Gasteiger partial charge in [-0.3, -0.25) is 4.79 Å². The van der Waals surface area contributed by atoms with Crippen LogP contribution in [0.2, 0.25) is 0 Å². The first-order valence-corrected chi connectivity index (χ1v) is 10.2. The van der Waals surface area contributed by atoms with Crippen molar-refractivity contribution in [3.63, 3.8) is 0 Å². The Balaban J connectivity index is 1.50. The molecule has 1 aliphatic carbocycles. The van der Waals surface area contributed by atoms with Crippen molar-refractivity contribution in [1.29, 1.82) is 0 Å². The lowest BCUT2D eigenvalue weighted by Gasteiger charge is -2.17. The van der Waals surface area contributed by atoms with Crippen LogP contribution in [0.4, 0.5) is 4.39 Å². The molecule has 0 radical (unpaired) electrons. The van der Waals surface area contributed by atoms with E-state index in [1.807, 2.05) is 18.2 Å². The highest BCUT2D eigenvalue weighted by atomic mass is 19.1. The number of carbonyl (C=O) groups is 1. The van der Waals surface area contributed by atoms with Crippen LogP contribution in [-0.4, -0.2) is 19.6 Å². The first kappa shape index (κ1) is 20.9. The van der Waals surface area contributed by atoms with Crippen LogP contribution < -0.4 is 20.5 Å². The molecule has 0 aromatic heterocycles. The van der Waals surface area contributed by atoms with Crippen LogP contribution in [0.5, 0.6) is 17.2 Å². The maximum Gasteiger partial charge on any atom is 0.251 e. The van der Waals surface area contributed by atoms with Crippen LogP contribution in [0.3, 0.4) is 0 Å². The summed E-state index contributed by atoms with van der Waals surface area (Å²) in [5.41, 5.74) is 7.88. The van der Waals surface area contributed by atoms with E-state index in [1.165, 1.54) is 24.8 Å². The Labute approximate surface area is 181 Å². The van der Waals surface area contributed by atoms with E-state index in [4.69, 9.17) is 15.2 Å². The van der Waals surface area contributed by atoms with Gasteiger partial charge < -0.3 is 20.5 Å². The molecule has 4 rings (SSSR count). The fourth-order valence-electron chi connectivity index (χ4n) is 3.63. The number of amides is 1. The van der Waals surface area contributed by atoms with Gasteiger partial charge in [0.05, 0.1) is 7.11 Å². The van der Waals surface area contributed by atoms with Gasteiger partial charge in [-0.1, -0.05) is 36.4 Å². The Morgan fingerprint density at radius 2 is 1.77 bits per heavy atom. The number of hydrogen-bond donors (Lipinski definition) is 2. The van der Waals surface area contributed by atoms with E-state index >= 15 is 0 Å². The third-order valence-corrected chi connectivity index (χ3v) is 5.70. The topological polar surface area (TPSA) is 73.6 Å². The number of benzene rings is 3. The van der Waals surface area contributed by atoms with E-state index in [0.29, 0.717) is 23.4 Å². The summed E-state index contributed by atoms with van der Waals surface area (Å²) in [7, 11) is 1.49. The zero-order valence-corrected chi connectivity index (χ0v) is 17.4. The molecular formula is C25H25FN2O3. The Morgan fingerprint density at radius 1 is 1.03 bits per heavy atom. The highest BCUT2D eigenvalue weighted by Crippen LogP contribution is 2.47. The molecule has 3 aromatic rings. The lowest BCUT2D eigenvalue weighted by molar-refractivity contribution is 0.0949. The van der Waals surface area contributed by atoms with Gasteiger partial charge >= 0.3 is 0 Å². The van der Waals surface area contributed by atoms with E-state index in [2.05, 4.69) is 17.4 Å². The summed E-state index contributed by atoms with van der Waals surface area (Å²) in [4.78, 5) is 12.8. The van der Waals surface area contributed by atoms with Crippen molar-refractivity contribution < 1.29 is 18.7 Å². The summed E-state index contributed by atoms with van der Waals surface area (Å²) in [6.07, 6.45) is 2.10. The van der Waals surface area contributed by atoms with Gasteiger partial charge in [0, 0.05) is 24.1 Å². The van der Waals surface area contributed by atoms with Gasteiger partial charge in [-0.05, 0) is 54.3 Å². The molecule has 5 nitrogen and oxygen atoms in total. The predicted octanol–water partition coefficient (Wildman–Crippen LogP) is 4.55. The zero-order valence-electron chi connectivity index (χ0n) is 17.4. The first-order valence-electron chi connectivity index (χ1n) is 10.2. The molecule has 6 heteroatoms. The van der Waals surface area contributed by atoms with Crippen LogP contribution in [-0.2, 0) is 12.0 Å². The van der Waals surface area contributed by atoms with Gasteiger partial charge in [0.1, 0.15) is 0 Å². The lowest BCUT2D eigenvalue weighted by Crippen LogP contribution is -2.32. The van der Waals surface area contributed by atoms with E-state index < -0.39 is 5.82 Å². The maximum atomic E-state index is 14.3. The van der Waals surface area contributed by atoms with Crippen molar-refractivity contribution in [2.24, 2.45) is 5.73 Å². The number of nitrogens with one attached hydrogen (secondary N) is 1. The number of methoxy groups -OCH3 is 1. The number of ether oxygens (including phenoxy) is 2. The van der Waals surface area contributed by atoms with Crippen LogP contribution in [0.25, 0.3) is 0 Å². The predicted molar refractivity (Wildman–Crippen MR) is 117 cm³/mol. The second kappa shape index (κ2) is 8.78. The minimum Gasteiger partial charge on any atom is -0.493 e. The fourth-order valence-corrected chi connectivity index (χ4v) is 3.63. The number of nitrogens with two attached hydrogens (primary N) is 1. The van der Waals surface area contributed by atoms with Gasteiger partial charge in [-0.25, -0.2) is 4.39 Å². The van der Waals surface area contributed by atoms with Crippen LogP contribution in [0, 0.1) is 5.82 Å². The molecule has 3 N–H and O–H groups in total. The van der Waals surface area contributed by atoms with Gasteiger partial charge in [-0.2, -0.15) is 0 Å². The van der Waals surface area contributed by atoms with Gasteiger partial charge in [0.25, 0.3) is 5.91 Å². The van der Waals surface area contributed by atoms with Gasteiger partial charge in [0.15, 0.2) is 23.1 Å². The summed E-state index contributed by atoms with van der Waals surface area (Å²) in [5.74, 6) is -0.0401. The van der Waals surface area contributed by atoms with Crippen molar-refractivity contribution in [3.05, 3.63) is 89.2 Å². The van der Waals surface area contributed by atoms with E-state index in [0.717, 1.165) is 12.8 Å². The molecule has 160 valence electrons. The standard InChI is InChI=1S/C25H25FN2O3/c1-30-22-10-8-18(14-23(22)31-21-9-7-17(15-27)13-20(21)26)24(29)28-16-25(11-12-25)19-5-3-2-4-6-19/h2-10,13-14H,11-12,15-16,27H2,1H3,(H,28,29). The summed E-state index contributed by atoms with van der Waals surface area (Å²) in [5, 5.41) is 3.03. The average Bonchev–Trinajstić information content (AvgIpc) is 3.60. The first-order chi connectivity index (χ1) is 15.0. The van der Waals surface area contributed by atoms with Gasteiger partial charge in [-0.15, -0.1) is 0 Å². The molecule has 3 aromatic carbocycles. The van der Waals surface area contributed by atoms with Crippen molar-refractivity contribution in [2.75, 3.05) is 13.7 Å². The van der Waals surface area contributed by atoms with Gasteiger partial charge in [0.2, 0.25) is 0 Å². The molecule has 0 unspecified atom stereocenters. The van der Waals surface area contributed by atoms with E-state index in [9.17, 15) is 9.18 Å². The molecule has 0 heterocycles. The smallest absolute Gasteiger partial charge is 0.251 e. The quantitative estimate of drug-likeness (QED) is 0.561. The minimum absolute atomic E-state index is 0.0105. The monoisotopic (exact) mass is 420 g/mol. The third-order valence-electron chi connectivity index (χ3n) is 5.70. The Morgan fingerprint density at radius 3 is 2.42 bits per heavy atom. The summed E-state index contributed by atoms with van der Waals surface area (Å²) in [6, 6.07) is 19.6. The molecule has 0 aliphatic heterocycles. The lowest BCUT2D eigenvalue weighted by atomic mass is 9.96. The molecule has 1 saturated carbocycles. The largest absolute Gasteiger partial charge is 0.493 e. The third kappa shape index (κ3) is 4.54. The average molecular weight is 420 g/mol. The number of halogens is 1.